The lowest BCUT2D eigenvalue weighted by Crippen LogP contribution is -2.26. The van der Waals surface area contributed by atoms with Crippen LogP contribution in [-0.2, 0) is 11.4 Å². The van der Waals surface area contributed by atoms with Gasteiger partial charge in [-0.05, 0) is 16.8 Å². The molecule has 0 aromatic carbocycles. The first-order chi connectivity index (χ1) is 9.56. The number of nitrogens with zero attached hydrogens (tertiary/aromatic N) is 4. The fraction of sp³-hybridized carbons (Fsp3) is 0.417. The maximum absolute atomic E-state index is 11.3. The molecule has 0 bridgehead atoms. The van der Waals surface area contributed by atoms with Crippen molar-refractivity contribution >= 4 is 34.6 Å². The van der Waals surface area contributed by atoms with Crippen molar-refractivity contribution in [3.8, 4) is 0 Å². The van der Waals surface area contributed by atoms with Crippen LogP contribution < -0.4 is 0 Å². The molecular weight excluding hydrogens is 300 g/mol. The van der Waals surface area contributed by atoms with Crippen molar-refractivity contribution in [2.24, 2.45) is 5.16 Å². The zero-order valence-corrected chi connectivity index (χ0v) is 12.8. The van der Waals surface area contributed by atoms with E-state index >= 15 is 0 Å². The van der Waals surface area contributed by atoms with E-state index in [1.54, 1.807) is 38.1 Å². The fourth-order valence-corrected chi connectivity index (χ4v) is 2.58. The number of aromatic nitrogens is 1. The summed E-state index contributed by atoms with van der Waals surface area (Å²) in [7, 11) is 3.23. The number of hydrogen-bond acceptors (Lipinski definition) is 5. The molecule has 2 rings (SSSR count). The highest BCUT2D eigenvalue weighted by molar-refractivity contribution is 8.14. The molecule has 0 atom stereocenters. The Kier molecular flexibility index (Phi) is 5.08. The van der Waals surface area contributed by atoms with Crippen LogP contribution >= 0.6 is 23.4 Å². The fourth-order valence-electron chi connectivity index (χ4n) is 1.54. The van der Waals surface area contributed by atoms with Gasteiger partial charge in [-0.3, -0.25) is 4.84 Å². The van der Waals surface area contributed by atoms with Crippen LogP contribution in [0.4, 0.5) is 4.79 Å². The quantitative estimate of drug-likeness (QED) is 0.486. The number of rotatable bonds is 3. The van der Waals surface area contributed by atoms with Crippen molar-refractivity contribution in [3.05, 3.63) is 29.0 Å². The third-order valence-corrected chi connectivity index (χ3v) is 3.79. The molecule has 8 heteroatoms. The lowest BCUT2D eigenvalue weighted by molar-refractivity contribution is 0.121. The molecule has 108 valence electrons. The molecule has 2 heterocycles. The van der Waals surface area contributed by atoms with Gasteiger partial charge in [-0.15, -0.1) is 0 Å². The Morgan fingerprint density at radius 2 is 2.40 bits per heavy atom. The average molecular weight is 315 g/mol. The van der Waals surface area contributed by atoms with Gasteiger partial charge in [-0.25, -0.2) is 9.78 Å². The van der Waals surface area contributed by atoms with Crippen molar-refractivity contribution in [2.75, 3.05) is 26.4 Å². The predicted molar refractivity (Wildman–Crippen MR) is 79.7 cm³/mol. The molecule has 1 aromatic rings. The monoisotopic (exact) mass is 314 g/mol. The van der Waals surface area contributed by atoms with Gasteiger partial charge in [0.2, 0.25) is 5.17 Å². The van der Waals surface area contributed by atoms with Gasteiger partial charge < -0.3 is 9.80 Å². The number of carbonyl (C=O) groups excluding carboxylic acids is 1. The Morgan fingerprint density at radius 1 is 1.60 bits per heavy atom. The van der Waals surface area contributed by atoms with Crippen molar-refractivity contribution in [2.45, 2.75) is 6.54 Å². The van der Waals surface area contributed by atoms with E-state index in [9.17, 15) is 4.79 Å². The highest BCUT2D eigenvalue weighted by Crippen LogP contribution is 2.21. The summed E-state index contributed by atoms with van der Waals surface area (Å²) in [6.45, 7) is 1.52. The molecule has 1 amide bonds. The highest BCUT2D eigenvalue weighted by atomic mass is 35.5. The van der Waals surface area contributed by atoms with Gasteiger partial charge in [0.05, 0.1) is 0 Å². The van der Waals surface area contributed by atoms with E-state index in [2.05, 4.69) is 10.1 Å². The minimum absolute atomic E-state index is 0.471. The normalized spacial score (nSPS) is 16.6. The Morgan fingerprint density at radius 3 is 3.05 bits per heavy atom. The van der Waals surface area contributed by atoms with Crippen LogP contribution in [0.15, 0.2) is 23.5 Å². The van der Waals surface area contributed by atoms with Gasteiger partial charge in [0.25, 0.3) is 0 Å². The summed E-state index contributed by atoms with van der Waals surface area (Å²) in [5.74, 6) is 0.916. The average Bonchev–Trinajstić information content (AvgIpc) is 2.86. The number of oxime groups is 1. The van der Waals surface area contributed by atoms with E-state index in [-0.39, 0.29) is 0 Å². The van der Waals surface area contributed by atoms with Crippen LogP contribution in [0.1, 0.15) is 5.56 Å². The van der Waals surface area contributed by atoms with E-state index in [1.165, 1.54) is 4.90 Å². The van der Waals surface area contributed by atoms with Crippen LogP contribution in [0.2, 0.25) is 5.15 Å². The summed E-state index contributed by atoms with van der Waals surface area (Å²) in [4.78, 5) is 23.6. The maximum atomic E-state index is 11.3. The Hall–Kier alpha value is -1.47. The van der Waals surface area contributed by atoms with Crippen LogP contribution in [0.25, 0.3) is 0 Å². The van der Waals surface area contributed by atoms with Gasteiger partial charge in [-0.2, -0.15) is 0 Å². The third kappa shape index (κ3) is 4.01. The molecular formula is C12H15ClN4O2S. The number of halogens is 1. The summed E-state index contributed by atoms with van der Waals surface area (Å²) >= 11 is 7.32. The van der Waals surface area contributed by atoms with Gasteiger partial charge in [-0.1, -0.05) is 29.4 Å². The summed E-state index contributed by atoms with van der Waals surface area (Å²) in [6, 6.07) is 3.67. The lowest BCUT2D eigenvalue weighted by atomic mass is 10.3. The van der Waals surface area contributed by atoms with E-state index in [4.69, 9.17) is 16.4 Å². The SMILES string of the molecule is CN(C)C(=O)ON=C1SCCN1Cc1ccc(Cl)nc1. The van der Waals surface area contributed by atoms with Crippen molar-refractivity contribution in [1.82, 2.24) is 14.8 Å². The molecule has 0 radical (unpaired) electrons. The first-order valence-corrected chi connectivity index (χ1v) is 7.37. The summed E-state index contributed by atoms with van der Waals surface area (Å²) in [5, 5.41) is 5.08. The first kappa shape index (κ1) is 14.9. The van der Waals surface area contributed by atoms with Crippen molar-refractivity contribution in [3.63, 3.8) is 0 Å². The number of carbonyl (C=O) groups is 1. The summed E-state index contributed by atoms with van der Waals surface area (Å²) in [6.07, 6.45) is 1.24. The molecule has 0 spiro atoms. The van der Waals surface area contributed by atoms with E-state index in [0.29, 0.717) is 16.9 Å². The molecule has 1 aromatic heterocycles. The van der Waals surface area contributed by atoms with Crippen LogP contribution in [0.5, 0.6) is 0 Å². The highest BCUT2D eigenvalue weighted by Gasteiger charge is 2.21. The second-order valence-corrected chi connectivity index (χ2v) is 5.83. The van der Waals surface area contributed by atoms with Gasteiger partial charge >= 0.3 is 6.09 Å². The Labute approximate surface area is 126 Å². The zero-order valence-electron chi connectivity index (χ0n) is 11.2. The van der Waals surface area contributed by atoms with Crippen LogP contribution in [0.3, 0.4) is 0 Å². The van der Waals surface area contributed by atoms with Crippen molar-refractivity contribution < 1.29 is 9.63 Å². The molecule has 0 unspecified atom stereocenters. The molecule has 1 aliphatic heterocycles. The number of thioether (sulfide) groups is 1. The number of amidine groups is 1. The predicted octanol–water partition coefficient (Wildman–Crippen LogP) is 2.25. The third-order valence-electron chi connectivity index (χ3n) is 2.59. The van der Waals surface area contributed by atoms with Gasteiger partial charge in [0.1, 0.15) is 5.15 Å². The minimum atomic E-state index is -0.488. The molecule has 0 N–H and O–H groups in total. The van der Waals surface area contributed by atoms with Crippen LogP contribution in [-0.4, -0.2) is 52.4 Å². The van der Waals surface area contributed by atoms with Crippen LogP contribution in [0, 0.1) is 0 Å². The molecule has 0 aliphatic carbocycles. The number of pyridine rings is 1. The molecule has 1 fully saturated rings. The van der Waals surface area contributed by atoms with E-state index < -0.39 is 6.09 Å². The second-order valence-electron chi connectivity index (χ2n) is 4.38. The Bertz CT molecular complexity index is 507. The van der Waals surface area contributed by atoms with E-state index in [0.717, 1.165) is 17.9 Å². The lowest BCUT2D eigenvalue weighted by Gasteiger charge is -2.17. The largest absolute Gasteiger partial charge is 0.435 e. The molecule has 6 nitrogen and oxygen atoms in total. The second kappa shape index (κ2) is 6.81. The maximum Gasteiger partial charge on any atom is 0.435 e. The molecule has 1 aliphatic rings. The standard InChI is InChI=1S/C12H15ClN4O2S/c1-16(2)12(18)19-15-11-17(5-6-20-11)8-9-3-4-10(13)14-7-9/h3-4,7H,5-6,8H2,1-2H3. The van der Waals surface area contributed by atoms with Crippen molar-refractivity contribution in [1.29, 1.82) is 0 Å². The zero-order chi connectivity index (χ0) is 14.5. The molecule has 1 saturated heterocycles. The minimum Gasteiger partial charge on any atom is -0.343 e. The summed E-state index contributed by atoms with van der Waals surface area (Å²) < 4.78 is 0. The number of amides is 1. The van der Waals surface area contributed by atoms with Gasteiger partial charge in [0.15, 0.2) is 0 Å². The topological polar surface area (TPSA) is 58.0 Å². The number of hydrogen-bond donors (Lipinski definition) is 0. The molecule has 20 heavy (non-hydrogen) atoms. The van der Waals surface area contributed by atoms with E-state index in [1.807, 2.05) is 11.0 Å². The smallest absolute Gasteiger partial charge is 0.343 e. The Balaban J connectivity index is 1.98. The first-order valence-electron chi connectivity index (χ1n) is 6.01. The molecule has 0 saturated carbocycles. The van der Waals surface area contributed by atoms with Gasteiger partial charge in [0, 0.05) is 39.1 Å². The summed E-state index contributed by atoms with van der Waals surface area (Å²) in [5.41, 5.74) is 1.03.